The zero-order chi connectivity index (χ0) is 15.5. The summed E-state index contributed by atoms with van der Waals surface area (Å²) >= 11 is 0. The smallest absolute Gasteiger partial charge is 0.164 e. The van der Waals surface area contributed by atoms with E-state index in [2.05, 4.69) is 6.92 Å². The van der Waals surface area contributed by atoms with Gasteiger partial charge in [-0.25, -0.2) is 8.78 Å². The molecule has 1 unspecified atom stereocenters. The van der Waals surface area contributed by atoms with Crippen LogP contribution in [0.5, 0.6) is 0 Å². The maximum absolute atomic E-state index is 13.5. The molecule has 0 aliphatic rings. The molecule has 0 aliphatic heterocycles. The Morgan fingerprint density at radius 2 is 1.48 bits per heavy atom. The van der Waals surface area contributed by atoms with Gasteiger partial charge < -0.3 is 5.11 Å². The Balaban J connectivity index is 2.11. The molecule has 1 atom stereocenters. The second-order valence-electron chi connectivity index (χ2n) is 5.78. The summed E-state index contributed by atoms with van der Waals surface area (Å²) in [5.74, 6) is -1.81. The van der Waals surface area contributed by atoms with E-state index in [0.29, 0.717) is 6.42 Å². The van der Waals surface area contributed by atoms with E-state index in [9.17, 15) is 13.9 Å². The molecule has 0 heterocycles. The van der Waals surface area contributed by atoms with E-state index in [1.807, 2.05) is 0 Å². The van der Waals surface area contributed by atoms with Crippen LogP contribution in [0.15, 0.2) is 18.2 Å². The van der Waals surface area contributed by atoms with E-state index in [1.165, 1.54) is 50.7 Å². The predicted molar refractivity (Wildman–Crippen MR) is 83.2 cm³/mol. The molecule has 1 rings (SSSR count). The number of hydrogen-bond acceptors (Lipinski definition) is 1. The van der Waals surface area contributed by atoms with Gasteiger partial charge in [0.25, 0.3) is 0 Å². The van der Waals surface area contributed by atoms with Gasteiger partial charge in [-0.1, -0.05) is 76.8 Å². The van der Waals surface area contributed by atoms with Crippen LogP contribution in [-0.4, -0.2) is 5.11 Å². The first kappa shape index (κ1) is 18.1. The minimum Gasteiger partial charge on any atom is -0.388 e. The van der Waals surface area contributed by atoms with Gasteiger partial charge >= 0.3 is 0 Å². The molecule has 21 heavy (non-hydrogen) atoms. The third kappa shape index (κ3) is 7.03. The molecule has 0 aliphatic carbocycles. The maximum Gasteiger partial charge on any atom is 0.164 e. The topological polar surface area (TPSA) is 20.2 Å². The van der Waals surface area contributed by atoms with Crippen molar-refractivity contribution in [2.24, 2.45) is 0 Å². The van der Waals surface area contributed by atoms with Crippen LogP contribution in [0.2, 0.25) is 0 Å². The Labute approximate surface area is 127 Å². The maximum atomic E-state index is 13.5. The van der Waals surface area contributed by atoms with Gasteiger partial charge in [-0.3, -0.25) is 0 Å². The van der Waals surface area contributed by atoms with Gasteiger partial charge in [0.2, 0.25) is 0 Å². The molecule has 0 amide bonds. The van der Waals surface area contributed by atoms with Crippen LogP contribution in [0.25, 0.3) is 0 Å². The molecule has 1 aromatic rings. The summed E-state index contributed by atoms with van der Waals surface area (Å²) in [4.78, 5) is 0. The Morgan fingerprint density at radius 3 is 2.10 bits per heavy atom. The second-order valence-corrected chi connectivity index (χ2v) is 5.78. The first-order valence-corrected chi connectivity index (χ1v) is 8.28. The van der Waals surface area contributed by atoms with Crippen molar-refractivity contribution in [3.63, 3.8) is 0 Å². The highest BCUT2D eigenvalue weighted by atomic mass is 19.2. The lowest BCUT2D eigenvalue weighted by Crippen LogP contribution is -2.02. The zero-order valence-corrected chi connectivity index (χ0v) is 13.1. The molecule has 1 nitrogen and oxygen atoms in total. The Morgan fingerprint density at radius 1 is 0.905 bits per heavy atom. The van der Waals surface area contributed by atoms with Gasteiger partial charge in [-0.15, -0.1) is 0 Å². The van der Waals surface area contributed by atoms with Crippen molar-refractivity contribution >= 4 is 0 Å². The molecule has 0 fully saturated rings. The molecule has 1 aromatic carbocycles. The molecular formula is C18H28F2O. The number of aliphatic hydroxyl groups is 1. The normalized spacial score (nSPS) is 12.6. The number of benzene rings is 1. The molecule has 0 saturated heterocycles. The molecular weight excluding hydrogens is 270 g/mol. The fraction of sp³-hybridized carbons (Fsp3) is 0.667. The zero-order valence-electron chi connectivity index (χ0n) is 13.1. The van der Waals surface area contributed by atoms with Gasteiger partial charge in [0.05, 0.1) is 6.10 Å². The summed E-state index contributed by atoms with van der Waals surface area (Å²) in [6.45, 7) is 2.22. The van der Waals surface area contributed by atoms with E-state index in [-0.39, 0.29) is 5.56 Å². The van der Waals surface area contributed by atoms with E-state index < -0.39 is 17.7 Å². The fourth-order valence-electron chi connectivity index (χ4n) is 2.58. The minimum absolute atomic E-state index is 0.0783. The summed E-state index contributed by atoms with van der Waals surface area (Å²) in [6.07, 6.45) is 10.4. The van der Waals surface area contributed by atoms with Crippen molar-refractivity contribution in [1.82, 2.24) is 0 Å². The van der Waals surface area contributed by atoms with Crippen LogP contribution in [0.3, 0.4) is 0 Å². The molecule has 120 valence electrons. The third-order valence-corrected chi connectivity index (χ3v) is 3.92. The van der Waals surface area contributed by atoms with Crippen molar-refractivity contribution in [2.75, 3.05) is 0 Å². The molecule has 0 radical (unpaired) electrons. The van der Waals surface area contributed by atoms with E-state index in [4.69, 9.17) is 0 Å². The summed E-state index contributed by atoms with van der Waals surface area (Å²) in [7, 11) is 0. The van der Waals surface area contributed by atoms with Crippen molar-refractivity contribution in [2.45, 2.75) is 77.2 Å². The Bertz CT molecular complexity index is 393. The van der Waals surface area contributed by atoms with Crippen molar-refractivity contribution in [3.05, 3.63) is 35.4 Å². The lowest BCUT2D eigenvalue weighted by Gasteiger charge is -2.12. The number of hydrogen-bond donors (Lipinski definition) is 1. The molecule has 1 N–H and O–H groups in total. The van der Waals surface area contributed by atoms with Crippen molar-refractivity contribution < 1.29 is 13.9 Å². The summed E-state index contributed by atoms with van der Waals surface area (Å²) in [5, 5.41) is 9.92. The molecule has 0 spiro atoms. The number of rotatable bonds is 11. The third-order valence-electron chi connectivity index (χ3n) is 3.92. The molecule has 0 aromatic heterocycles. The summed E-state index contributed by atoms with van der Waals surface area (Å²) in [5.41, 5.74) is 0.0783. The number of aliphatic hydroxyl groups excluding tert-OH is 1. The lowest BCUT2D eigenvalue weighted by molar-refractivity contribution is 0.157. The quantitative estimate of drug-likeness (QED) is 0.503. The summed E-state index contributed by atoms with van der Waals surface area (Å²) < 4.78 is 26.6. The van der Waals surface area contributed by atoms with Crippen molar-refractivity contribution in [3.8, 4) is 0 Å². The van der Waals surface area contributed by atoms with E-state index in [1.54, 1.807) is 0 Å². The SMILES string of the molecule is CCCCCCCCCCCC(O)c1cccc(F)c1F. The monoisotopic (exact) mass is 298 g/mol. The summed E-state index contributed by atoms with van der Waals surface area (Å²) in [6, 6.07) is 3.97. The van der Waals surface area contributed by atoms with Crippen LogP contribution < -0.4 is 0 Å². The lowest BCUT2D eigenvalue weighted by atomic mass is 10.0. The van der Waals surface area contributed by atoms with Gasteiger partial charge in [0.1, 0.15) is 0 Å². The van der Waals surface area contributed by atoms with Gasteiger partial charge in [-0.2, -0.15) is 0 Å². The molecule has 0 saturated carbocycles. The fourth-order valence-corrected chi connectivity index (χ4v) is 2.58. The van der Waals surface area contributed by atoms with E-state index in [0.717, 1.165) is 25.3 Å². The molecule has 3 heteroatoms. The molecule has 0 bridgehead atoms. The van der Waals surface area contributed by atoms with Gasteiger partial charge in [-0.05, 0) is 12.5 Å². The minimum atomic E-state index is -0.916. The van der Waals surface area contributed by atoms with Crippen molar-refractivity contribution in [1.29, 1.82) is 0 Å². The highest BCUT2D eigenvalue weighted by Crippen LogP contribution is 2.24. The van der Waals surface area contributed by atoms with Crippen LogP contribution in [-0.2, 0) is 0 Å². The van der Waals surface area contributed by atoms with Crippen LogP contribution >= 0.6 is 0 Å². The average molecular weight is 298 g/mol. The number of unbranched alkanes of at least 4 members (excludes halogenated alkanes) is 8. The standard InChI is InChI=1S/C18H28F2O/c1-2-3-4-5-6-7-8-9-10-14-17(21)15-12-11-13-16(19)18(15)20/h11-13,17,21H,2-10,14H2,1H3. The van der Waals surface area contributed by atoms with Gasteiger partial charge in [0.15, 0.2) is 11.6 Å². The highest BCUT2D eigenvalue weighted by molar-refractivity contribution is 5.21. The average Bonchev–Trinajstić information content (AvgIpc) is 2.48. The van der Waals surface area contributed by atoms with Crippen LogP contribution in [0, 0.1) is 11.6 Å². The number of halogens is 2. The highest BCUT2D eigenvalue weighted by Gasteiger charge is 2.15. The Hall–Kier alpha value is -0.960. The Kier molecular flexibility index (Phi) is 9.24. The predicted octanol–water partition coefficient (Wildman–Crippen LogP) is 5.92. The second kappa shape index (κ2) is 10.7. The van der Waals surface area contributed by atoms with E-state index >= 15 is 0 Å². The van der Waals surface area contributed by atoms with Gasteiger partial charge in [0, 0.05) is 5.56 Å². The first-order valence-electron chi connectivity index (χ1n) is 8.28. The first-order chi connectivity index (χ1) is 10.2. The van der Waals surface area contributed by atoms with Crippen LogP contribution in [0.1, 0.15) is 82.8 Å². The largest absolute Gasteiger partial charge is 0.388 e. The van der Waals surface area contributed by atoms with Crippen LogP contribution in [0.4, 0.5) is 8.78 Å².